The lowest BCUT2D eigenvalue weighted by atomic mass is 10.1. The maximum atomic E-state index is 9.79. The van der Waals surface area contributed by atoms with E-state index in [4.69, 9.17) is 4.42 Å². The van der Waals surface area contributed by atoms with Gasteiger partial charge in [-0.1, -0.05) is 12.1 Å². The number of aryl methyl sites for hydroxylation is 3. The number of rotatable bonds is 3. The standard InChI is InChI=1S/C24H21N5O/c1-13-7-6-8-21-22(13)28-23(27-21)19(11-25)10-18-9-14(2)29(16(18)4)24-20(12-26)15(3)17(5)30-24/h6-10H,1-5H3,(H,27,28). The van der Waals surface area contributed by atoms with Crippen LogP contribution in [0.3, 0.4) is 0 Å². The highest BCUT2D eigenvalue weighted by molar-refractivity contribution is 5.91. The lowest BCUT2D eigenvalue weighted by molar-refractivity contribution is 0.503. The van der Waals surface area contributed by atoms with Gasteiger partial charge in [-0.2, -0.15) is 10.5 Å². The summed E-state index contributed by atoms with van der Waals surface area (Å²) in [4.78, 5) is 7.86. The van der Waals surface area contributed by atoms with Crippen molar-refractivity contribution in [2.24, 2.45) is 0 Å². The minimum Gasteiger partial charge on any atom is -0.443 e. The molecule has 3 heterocycles. The Morgan fingerprint density at radius 3 is 2.60 bits per heavy atom. The van der Waals surface area contributed by atoms with Gasteiger partial charge in [-0.3, -0.25) is 4.57 Å². The Kier molecular flexibility index (Phi) is 4.56. The number of nitrogens with one attached hydrogen (secondary N) is 1. The summed E-state index contributed by atoms with van der Waals surface area (Å²) in [6.45, 7) is 9.63. The molecule has 0 radical (unpaired) electrons. The summed E-state index contributed by atoms with van der Waals surface area (Å²) >= 11 is 0. The summed E-state index contributed by atoms with van der Waals surface area (Å²) in [7, 11) is 0. The first-order chi connectivity index (χ1) is 14.3. The predicted octanol–water partition coefficient (Wildman–Crippen LogP) is 5.42. The van der Waals surface area contributed by atoms with E-state index in [2.05, 4.69) is 22.1 Å². The molecule has 0 amide bonds. The molecule has 0 fully saturated rings. The summed E-state index contributed by atoms with van der Waals surface area (Å²) in [5.41, 5.74) is 7.30. The third-order valence-electron chi connectivity index (χ3n) is 5.54. The molecule has 0 aliphatic heterocycles. The Labute approximate surface area is 174 Å². The maximum Gasteiger partial charge on any atom is 0.222 e. The molecular weight excluding hydrogens is 374 g/mol. The van der Waals surface area contributed by atoms with Crippen molar-refractivity contribution in [3.05, 3.63) is 69.5 Å². The van der Waals surface area contributed by atoms with Crippen LogP contribution in [0.2, 0.25) is 0 Å². The largest absolute Gasteiger partial charge is 0.443 e. The highest BCUT2D eigenvalue weighted by Crippen LogP contribution is 2.30. The van der Waals surface area contributed by atoms with E-state index >= 15 is 0 Å². The van der Waals surface area contributed by atoms with Gasteiger partial charge in [-0.15, -0.1) is 0 Å². The first-order valence-electron chi connectivity index (χ1n) is 9.62. The number of hydrogen-bond acceptors (Lipinski definition) is 4. The Morgan fingerprint density at radius 2 is 1.93 bits per heavy atom. The number of nitrogens with zero attached hydrogens (tertiary/aromatic N) is 4. The number of allylic oxidation sites excluding steroid dienone is 1. The molecule has 0 bridgehead atoms. The Balaban J connectivity index is 1.85. The summed E-state index contributed by atoms with van der Waals surface area (Å²) in [6, 6.07) is 12.4. The number of aromatic nitrogens is 3. The van der Waals surface area contributed by atoms with Crippen molar-refractivity contribution in [3.63, 3.8) is 0 Å². The molecular formula is C24H21N5O. The van der Waals surface area contributed by atoms with E-state index in [0.29, 0.717) is 22.8 Å². The highest BCUT2D eigenvalue weighted by atomic mass is 16.4. The van der Waals surface area contributed by atoms with Crippen molar-refractivity contribution < 1.29 is 4.42 Å². The topological polar surface area (TPSA) is 94.3 Å². The highest BCUT2D eigenvalue weighted by Gasteiger charge is 2.20. The van der Waals surface area contributed by atoms with Crippen molar-refractivity contribution in [2.75, 3.05) is 0 Å². The molecule has 1 aromatic carbocycles. The van der Waals surface area contributed by atoms with Crippen molar-refractivity contribution in [1.82, 2.24) is 14.5 Å². The summed E-state index contributed by atoms with van der Waals surface area (Å²) in [5, 5.41) is 19.4. The van der Waals surface area contributed by atoms with Crippen LogP contribution in [-0.2, 0) is 0 Å². The molecule has 0 saturated carbocycles. The molecule has 6 heteroatoms. The zero-order valence-corrected chi connectivity index (χ0v) is 17.6. The molecule has 0 atom stereocenters. The average molecular weight is 395 g/mol. The third kappa shape index (κ3) is 2.91. The number of benzene rings is 1. The molecule has 0 spiro atoms. The SMILES string of the molecule is Cc1oc(-n2c(C)cc(C=C(C#N)c3nc4c(C)cccc4[nH]3)c2C)c(C#N)c1C. The van der Waals surface area contributed by atoms with Crippen LogP contribution >= 0.6 is 0 Å². The van der Waals surface area contributed by atoms with Crippen LogP contribution in [0.25, 0.3) is 28.6 Å². The van der Waals surface area contributed by atoms with E-state index < -0.39 is 0 Å². The van der Waals surface area contributed by atoms with Gasteiger partial charge in [0.05, 0.1) is 16.6 Å². The van der Waals surface area contributed by atoms with Crippen molar-refractivity contribution in [3.8, 4) is 18.0 Å². The van der Waals surface area contributed by atoms with Crippen LogP contribution in [0.15, 0.2) is 28.7 Å². The Morgan fingerprint density at radius 1 is 1.17 bits per heavy atom. The van der Waals surface area contributed by atoms with Gasteiger partial charge in [0, 0.05) is 17.0 Å². The molecule has 3 aromatic heterocycles. The van der Waals surface area contributed by atoms with Crippen molar-refractivity contribution in [1.29, 1.82) is 10.5 Å². The molecule has 0 saturated heterocycles. The average Bonchev–Trinajstić information content (AvgIpc) is 3.35. The molecule has 6 nitrogen and oxygen atoms in total. The number of nitriles is 2. The van der Waals surface area contributed by atoms with Crippen LogP contribution in [0.5, 0.6) is 0 Å². The number of furan rings is 1. The number of imidazole rings is 1. The second-order valence-electron chi connectivity index (χ2n) is 7.46. The molecule has 4 aromatic rings. The van der Waals surface area contributed by atoms with Gasteiger partial charge in [0.1, 0.15) is 29.3 Å². The number of H-pyrrole nitrogens is 1. The molecule has 1 N–H and O–H groups in total. The summed E-state index contributed by atoms with van der Waals surface area (Å²) in [5.74, 6) is 1.77. The Hall–Kier alpha value is -4.03. The quantitative estimate of drug-likeness (QED) is 0.468. The van der Waals surface area contributed by atoms with Gasteiger partial charge in [-0.05, 0) is 64.0 Å². The molecule has 148 valence electrons. The van der Waals surface area contributed by atoms with E-state index in [-0.39, 0.29) is 0 Å². The second-order valence-corrected chi connectivity index (χ2v) is 7.46. The lowest BCUT2D eigenvalue weighted by Gasteiger charge is -2.06. The maximum absolute atomic E-state index is 9.79. The second kappa shape index (κ2) is 7.09. The van der Waals surface area contributed by atoms with Gasteiger partial charge in [-0.25, -0.2) is 4.98 Å². The van der Waals surface area contributed by atoms with E-state index in [1.54, 1.807) is 0 Å². The van der Waals surface area contributed by atoms with Crippen molar-refractivity contribution in [2.45, 2.75) is 34.6 Å². The number of hydrogen-bond donors (Lipinski definition) is 1. The number of fused-ring (bicyclic) bond motifs is 1. The molecule has 30 heavy (non-hydrogen) atoms. The minimum atomic E-state index is 0.443. The number of aromatic amines is 1. The normalized spacial score (nSPS) is 11.6. The fourth-order valence-electron chi connectivity index (χ4n) is 3.76. The third-order valence-corrected chi connectivity index (χ3v) is 5.54. The minimum absolute atomic E-state index is 0.443. The zero-order chi connectivity index (χ0) is 21.6. The van der Waals surface area contributed by atoms with Gasteiger partial charge in [0.15, 0.2) is 0 Å². The van der Waals surface area contributed by atoms with E-state index in [1.807, 2.05) is 69.5 Å². The van der Waals surface area contributed by atoms with Crippen LogP contribution in [0, 0.1) is 57.3 Å². The van der Waals surface area contributed by atoms with E-state index in [0.717, 1.165) is 44.9 Å². The summed E-state index contributed by atoms with van der Waals surface area (Å²) in [6.07, 6.45) is 1.82. The first kappa shape index (κ1) is 19.3. The van der Waals surface area contributed by atoms with E-state index in [9.17, 15) is 10.5 Å². The van der Waals surface area contributed by atoms with Crippen LogP contribution < -0.4 is 0 Å². The monoisotopic (exact) mass is 395 g/mol. The zero-order valence-electron chi connectivity index (χ0n) is 17.6. The molecule has 0 unspecified atom stereocenters. The van der Waals surface area contributed by atoms with Crippen molar-refractivity contribution >= 4 is 22.7 Å². The fraction of sp³-hybridized carbons (Fsp3) is 0.208. The molecule has 4 rings (SSSR count). The van der Waals surface area contributed by atoms with Gasteiger partial charge < -0.3 is 9.40 Å². The van der Waals surface area contributed by atoms with E-state index in [1.165, 1.54) is 0 Å². The predicted molar refractivity (Wildman–Crippen MR) is 116 cm³/mol. The van der Waals surface area contributed by atoms with Crippen LogP contribution in [0.4, 0.5) is 0 Å². The first-order valence-corrected chi connectivity index (χ1v) is 9.62. The van der Waals surface area contributed by atoms with Gasteiger partial charge in [0.25, 0.3) is 0 Å². The number of para-hydroxylation sites is 1. The Bertz CT molecular complexity index is 1410. The molecule has 0 aliphatic rings. The lowest BCUT2D eigenvalue weighted by Crippen LogP contribution is -2.00. The fourth-order valence-corrected chi connectivity index (χ4v) is 3.76. The van der Waals surface area contributed by atoms with Gasteiger partial charge in [0.2, 0.25) is 5.88 Å². The van der Waals surface area contributed by atoms with Gasteiger partial charge >= 0.3 is 0 Å². The smallest absolute Gasteiger partial charge is 0.222 e. The molecule has 0 aliphatic carbocycles. The summed E-state index contributed by atoms with van der Waals surface area (Å²) < 4.78 is 7.82. The van der Waals surface area contributed by atoms with Crippen LogP contribution in [-0.4, -0.2) is 14.5 Å². The van der Waals surface area contributed by atoms with Crippen LogP contribution in [0.1, 0.15) is 45.2 Å².